The van der Waals surface area contributed by atoms with E-state index < -0.39 is 5.82 Å². The standard InChI is InChI=1S/C19H27FN4O3.2ClH/c20-16-4-3-15(22-19(26)13-1-2-14(21)11-13)12-17(16)23-18(25)5-6-24-7-9-27-10-8-24;;/h3-4,12-14H,1-2,5-11,21H2,(H,22,26)(H,23,25);2*1H. The Morgan fingerprint density at radius 1 is 1.17 bits per heavy atom. The Morgan fingerprint density at radius 2 is 1.90 bits per heavy atom. The molecule has 0 bridgehead atoms. The molecule has 3 rings (SSSR count). The monoisotopic (exact) mass is 450 g/mol. The fourth-order valence-electron chi connectivity index (χ4n) is 3.49. The van der Waals surface area contributed by atoms with Gasteiger partial charge < -0.3 is 21.1 Å². The maximum Gasteiger partial charge on any atom is 0.227 e. The van der Waals surface area contributed by atoms with Gasteiger partial charge >= 0.3 is 0 Å². The molecule has 1 aromatic rings. The normalized spacial score (nSPS) is 21.6. The van der Waals surface area contributed by atoms with Crippen molar-refractivity contribution in [2.75, 3.05) is 43.5 Å². The number of nitrogens with two attached hydrogens (primary N) is 1. The van der Waals surface area contributed by atoms with Gasteiger partial charge in [0.05, 0.1) is 18.9 Å². The molecule has 10 heteroatoms. The Balaban J connectivity index is 0.00000210. The third-order valence-corrected chi connectivity index (χ3v) is 5.11. The van der Waals surface area contributed by atoms with Gasteiger partial charge in [-0.05, 0) is 37.5 Å². The van der Waals surface area contributed by atoms with E-state index in [0.717, 1.165) is 25.9 Å². The van der Waals surface area contributed by atoms with Gasteiger partial charge in [0.1, 0.15) is 5.82 Å². The summed E-state index contributed by atoms with van der Waals surface area (Å²) in [5, 5.41) is 5.39. The molecule has 164 valence electrons. The Bertz CT molecular complexity index is 689. The van der Waals surface area contributed by atoms with E-state index in [0.29, 0.717) is 31.9 Å². The number of anilines is 2. The molecule has 1 aliphatic heterocycles. The van der Waals surface area contributed by atoms with Gasteiger partial charge in [0.2, 0.25) is 11.8 Å². The van der Waals surface area contributed by atoms with E-state index in [4.69, 9.17) is 10.5 Å². The predicted octanol–water partition coefficient (Wildman–Crippen LogP) is 2.40. The lowest BCUT2D eigenvalue weighted by atomic mass is 10.1. The zero-order chi connectivity index (χ0) is 19.2. The van der Waals surface area contributed by atoms with Crippen molar-refractivity contribution >= 4 is 48.0 Å². The lowest BCUT2D eigenvalue weighted by molar-refractivity contribution is -0.119. The molecule has 1 saturated carbocycles. The van der Waals surface area contributed by atoms with Crippen LogP contribution < -0.4 is 16.4 Å². The number of morpholine rings is 1. The highest BCUT2D eigenvalue weighted by molar-refractivity contribution is 5.95. The van der Waals surface area contributed by atoms with Gasteiger partial charge in [-0.1, -0.05) is 0 Å². The number of nitrogens with one attached hydrogen (secondary N) is 2. The molecule has 1 aliphatic carbocycles. The summed E-state index contributed by atoms with van der Waals surface area (Å²) in [4.78, 5) is 26.6. The summed E-state index contributed by atoms with van der Waals surface area (Å²) in [6.45, 7) is 3.55. The summed E-state index contributed by atoms with van der Waals surface area (Å²) >= 11 is 0. The summed E-state index contributed by atoms with van der Waals surface area (Å²) in [5.41, 5.74) is 6.39. The van der Waals surface area contributed by atoms with Crippen LogP contribution in [0.1, 0.15) is 25.7 Å². The lowest BCUT2D eigenvalue weighted by Crippen LogP contribution is -2.38. The second-order valence-electron chi connectivity index (χ2n) is 7.21. The smallest absolute Gasteiger partial charge is 0.227 e. The molecule has 29 heavy (non-hydrogen) atoms. The quantitative estimate of drug-likeness (QED) is 0.617. The summed E-state index contributed by atoms with van der Waals surface area (Å²) in [6.07, 6.45) is 2.54. The van der Waals surface area contributed by atoms with E-state index in [1.165, 1.54) is 18.2 Å². The van der Waals surface area contributed by atoms with Crippen molar-refractivity contribution in [2.24, 2.45) is 11.7 Å². The minimum Gasteiger partial charge on any atom is -0.379 e. The van der Waals surface area contributed by atoms with Crippen molar-refractivity contribution in [1.82, 2.24) is 4.90 Å². The first kappa shape index (κ1) is 25.6. The van der Waals surface area contributed by atoms with Crippen LogP contribution in [-0.4, -0.2) is 55.6 Å². The molecule has 0 radical (unpaired) electrons. The van der Waals surface area contributed by atoms with E-state index in [1.54, 1.807) is 0 Å². The van der Waals surface area contributed by atoms with Crippen LogP contribution >= 0.6 is 24.8 Å². The molecule has 2 atom stereocenters. The zero-order valence-corrected chi connectivity index (χ0v) is 17.8. The largest absolute Gasteiger partial charge is 0.379 e. The highest BCUT2D eigenvalue weighted by Gasteiger charge is 2.27. The van der Waals surface area contributed by atoms with Gasteiger partial charge in [0.25, 0.3) is 0 Å². The molecule has 1 saturated heterocycles. The van der Waals surface area contributed by atoms with Gasteiger partial charge in [-0.15, -0.1) is 24.8 Å². The molecule has 2 unspecified atom stereocenters. The van der Waals surface area contributed by atoms with Gasteiger partial charge in [-0.2, -0.15) is 0 Å². The number of benzene rings is 1. The lowest BCUT2D eigenvalue weighted by Gasteiger charge is -2.26. The van der Waals surface area contributed by atoms with Gasteiger partial charge in [0, 0.05) is 43.7 Å². The van der Waals surface area contributed by atoms with Gasteiger partial charge in [0.15, 0.2) is 0 Å². The molecule has 2 fully saturated rings. The number of rotatable bonds is 6. The number of amides is 2. The number of nitrogens with zero attached hydrogens (tertiary/aromatic N) is 1. The second kappa shape index (κ2) is 12.3. The van der Waals surface area contributed by atoms with E-state index >= 15 is 0 Å². The number of halogens is 3. The van der Waals surface area contributed by atoms with Crippen LogP contribution in [0.25, 0.3) is 0 Å². The number of hydrogen-bond acceptors (Lipinski definition) is 5. The van der Waals surface area contributed by atoms with Crippen LogP contribution in [0.15, 0.2) is 18.2 Å². The van der Waals surface area contributed by atoms with Gasteiger partial charge in [-0.3, -0.25) is 14.5 Å². The van der Waals surface area contributed by atoms with Crippen molar-refractivity contribution in [3.63, 3.8) is 0 Å². The average Bonchev–Trinajstić information content (AvgIpc) is 3.10. The van der Waals surface area contributed by atoms with Gasteiger partial charge in [-0.25, -0.2) is 4.39 Å². The number of hydrogen-bond donors (Lipinski definition) is 3. The minimum absolute atomic E-state index is 0. The van der Waals surface area contributed by atoms with E-state index in [-0.39, 0.29) is 60.7 Å². The zero-order valence-electron chi connectivity index (χ0n) is 16.2. The summed E-state index contributed by atoms with van der Waals surface area (Å²) in [6, 6.07) is 4.25. The highest BCUT2D eigenvalue weighted by Crippen LogP contribution is 2.26. The molecule has 0 aromatic heterocycles. The van der Waals surface area contributed by atoms with Crippen LogP contribution in [0, 0.1) is 11.7 Å². The van der Waals surface area contributed by atoms with Crippen molar-refractivity contribution in [3.05, 3.63) is 24.0 Å². The molecular weight excluding hydrogens is 422 g/mol. The second-order valence-corrected chi connectivity index (χ2v) is 7.21. The number of carbonyl (C=O) groups excluding carboxylic acids is 2. The number of ether oxygens (including phenoxy) is 1. The van der Waals surface area contributed by atoms with Crippen molar-refractivity contribution in [3.8, 4) is 0 Å². The van der Waals surface area contributed by atoms with Crippen LogP contribution in [0.5, 0.6) is 0 Å². The maximum absolute atomic E-state index is 14.0. The third kappa shape index (κ3) is 7.71. The maximum atomic E-state index is 14.0. The first-order valence-electron chi connectivity index (χ1n) is 9.47. The number of carbonyl (C=O) groups is 2. The fourth-order valence-corrected chi connectivity index (χ4v) is 3.49. The first-order chi connectivity index (χ1) is 13.0. The summed E-state index contributed by atoms with van der Waals surface area (Å²) < 4.78 is 19.3. The first-order valence-corrected chi connectivity index (χ1v) is 9.47. The van der Waals surface area contributed by atoms with E-state index in [9.17, 15) is 14.0 Å². The van der Waals surface area contributed by atoms with E-state index in [1.807, 2.05) is 0 Å². The molecule has 1 aromatic carbocycles. The van der Waals surface area contributed by atoms with Crippen LogP contribution in [-0.2, 0) is 14.3 Å². The SMILES string of the molecule is Cl.Cl.NC1CCC(C(=O)Nc2ccc(F)c(NC(=O)CCN3CCOCC3)c2)C1. The molecular formula is C19H29Cl2FN4O3. The Morgan fingerprint density at radius 3 is 2.55 bits per heavy atom. The molecule has 7 nitrogen and oxygen atoms in total. The van der Waals surface area contributed by atoms with Crippen molar-refractivity contribution < 1.29 is 18.7 Å². The predicted molar refractivity (Wildman–Crippen MR) is 115 cm³/mol. The van der Waals surface area contributed by atoms with Crippen LogP contribution in [0.4, 0.5) is 15.8 Å². The molecule has 1 heterocycles. The Hall–Kier alpha value is -1.45. The molecule has 2 aliphatic rings. The van der Waals surface area contributed by atoms with Crippen LogP contribution in [0.3, 0.4) is 0 Å². The fraction of sp³-hybridized carbons (Fsp3) is 0.579. The van der Waals surface area contributed by atoms with E-state index in [2.05, 4.69) is 15.5 Å². The topological polar surface area (TPSA) is 96.7 Å². The summed E-state index contributed by atoms with van der Waals surface area (Å²) in [5.74, 6) is -1.02. The highest BCUT2D eigenvalue weighted by atomic mass is 35.5. The third-order valence-electron chi connectivity index (χ3n) is 5.11. The summed E-state index contributed by atoms with van der Waals surface area (Å²) in [7, 11) is 0. The minimum atomic E-state index is -0.532. The Kier molecular flexibility index (Phi) is 10.8. The average molecular weight is 451 g/mol. The molecule has 0 spiro atoms. The molecule has 2 amide bonds. The van der Waals surface area contributed by atoms with Crippen molar-refractivity contribution in [2.45, 2.75) is 31.7 Å². The Labute approximate surface area is 182 Å². The molecule has 4 N–H and O–H groups in total. The van der Waals surface area contributed by atoms with Crippen molar-refractivity contribution in [1.29, 1.82) is 0 Å². The van der Waals surface area contributed by atoms with Crippen LogP contribution in [0.2, 0.25) is 0 Å².